The first-order valence-electron chi connectivity index (χ1n) is 6.00. The van der Waals surface area contributed by atoms with Crippen LogP contribution < -0.4 is 40.0 Å². The van der Waals surface area contributed by atoms with E-state index < -0.39 is 5.97 Å². The third-order valence-electron chi connectivity index (χ3n) is 2.37. The Morgan fingerprint density at radius 3 is 2.10 bits per heavy atom. The normalized spacial score (nSPS) is 9.00. The summed E-state index contributed by atoms with van der Waals surface area (Å²) in [5, 5.41) is 29.1. The number of carboxylic acids is 1. The zero-order chi connectivity index (χ0) is 14.8. The number of nitrogens with one attached hydrogen (secondary N) is 1. The second kappa shape index (κ2) is 11.3. The van der Waals surface area contributed by atoms with Crippen molar-refractivity contribution in [1.29, 1.82) is 0 Å². The van der Waals surface area contributed by atoms with Crippen LogP contribution in [0.15, 0.2) is 54.6 Å². The molecule has 2 aromatic carbocycles. The molecule has 0 amide bonds. The zero-order valence-corrected chi connectivity index (χ0v) is 13.8. The topological polar surface area (TPSA) is 92.6 Å². The quantitative estimate of drug-likeness (QED) is 0.423. The number of carbonyl (C=O) groups excluding carboxylic acids is 1. The smallest absolute Gasteiger partial charge is 0.549 e. The summed E-state index contributed by atoms with van der Waals surface area (Å²) in [6, 6.07) is 17.2. The fourth-order valence-corrected chi connectivity index (χ4v) is 1.49. The van der Waals surface area contributed by atoms with Crippen molar-refractivity contribution >= 4 is 5.97 Å². The van der Waals surface area contributed by atoms with Gasteiger partial charge in [-0.3, -0.25) is 5.32 Å². The summed E-state index contributed by atoms with van der Waals surface area (Å²) < 4.78 is 0. The zero-order valence-electron chi connectivity index (χ0n) is 11.8. The Morgan fingerprint density at radius 2 is 1.62 bits per heavy atom. The standard InChI is InChI=1S/C12H10O.C3H7NO3.Na/c13-12-9-5-4-8-11(12)10-6-2-1-3-7-10;5-2-4-1-3(6)7;/h1-9,13H;4-5H,1-2H2,(H,6,7);/q;;+1/p-1. The van der Waals surface area contributed by atoms with E-state index in [4.69, 9.17) is 5.11 Å². The molecule has 0 saturated carbocycles. The summed E-state index contributed by atoms with van der Waals surface area (Å²) in [4.78, 5) is 9.47. The van der Waals surface area contributed by atoms with Gasteiger partial charge in [0.05, 0.1) is 12.7 Å². The number of aliphatic carboxylic acids is 1. The number of para-hydroxylation sites is 1. The van der Waals surface area contributed by atoms with Crippen molar-refractivity contribution in [2.75, 3.05) is 13.3 Å². The minimum absolute atomic E-state index is 0. The predicted molar refractivity (Wildman–Crippen MR) is 73.6 cm³/mol. The molecule has 0 bridgehead atoms. The van der Waals surface area contributed by atoms with Crippen LogP contribution in [0, 0.1) is 0 Å². The number of benzene rings is 2. The molecule has 3 N–H and O–H groups in total. The van der Waals surface area contributed by atoms with E-state index in [2.05, 4.69) is 5.32 Å². The summed E-state index contributed by atoms with van der Waals surface area (Å²) >= 11 is 0. The number of aromatic hydroxyl groups is 1. The molecular weight excluding hydrogens is 281 g/mol. The number of rotatable bonds is 4. The first kappa shape index (κ1) is 19.6. The maximum atomic E-state index is 9.56. The molecule has 5 nitrogen and oxygen atoms in total. The third kappa shape index (κ3) is 7.84. The molecule has 0 aromatic heterocycles. The molecule has 0 spiro atoms. The van der Waals surface area contributed by atoms with Crippen LogP contribution in [-0.2, 0) is 4.79 Å². The molecule has 0 heterocycles. The van der Waals surface area contributed by atoms with Crippen molar-refractivity contribution in [1.82, 2.24) is 5.32 Å². The maximum absolute atomic E-state index is 9.56. The number of aliphatic hydroxyl groups excluding tert-OH is 1. The van der Waals surface area contributed by atoms with Gasteiger partial charge in [0.1, 0.15) is 5.75 Å². The minimum atomic E-state index is -1.21. The van der Waals surface area contributed by atoms with Crippen molar-refractivity contribution < 1.29 is 49.7 Å². The monoisotopic (exact) mass is 297 g/mol. The van der Waals surface area contributed by atoms with E-state index >= 15 is 0 Å². The molecule has 2 rings (SSSR count). The number of hydrogen-bond acceptors (Lipinski definition) is 5. The van der Waals surface area contributed by atoms with Crippen LogP contribution >= 0.6 is 0 Å². The van der Waals surface area contributed by atoms with E-state index in [0.717, 1.165) is 11.1 Å². The van der Waals surface area contributed by atoms with Crippen molar-refractivity contribution in [2.45, 2.75) is 0 Å². The SMILES string of the molecule is O=C([O-])CNCO.Oc1ccccc1-c1ccccc1.[Na+]. The van der Waals surface area contributed by atoms with Gasteiger partial charge in [-0.1, -0.05) is 48.5 Å². The van der Waals surface area contributed by atoms with Crippen LogP contribution in [0.4, 0.5) is 0 Å². The van der Waals surface area contributed by atoms with E-state index in [1.165, 1.54) is 0 Å². The first-order valence-corrected chi connectivity index (χ1v) is 6.00. The summed E-state index contributed by atoms with van der Waals surface area (Å²) in [6.45, 7) is -0.621. The molecule has 0 unspecified atom stereocenters. The number of aliphatic hydroxyl groups is 1. The number of phenolic OH excluding ortho intramolecular Hbond substituents is 1. The summed E-state index contributed by atoms with van der Waals surface area (Å²) in [5.41, 5.74) is 1.92. The van der Waals surface area contributed by atoms with Crippen LogP contribution in [0.25, 0.3) is 11.1 Å². The van der Waals surface area contributed by atoms with Crippen molar-refractivity contribution in [3.63, 3.8) is 0 Å². The molecular formula is C15H16NNaO4. The number of carbonyl (C=O) groups is 1. The molecule has 2 aromatic rings. The molecule has 106 valence electrons. The summed E-state index contributed by atoms with van der Waals surface area (Å²) in [6.07, 6.45) is 0. The summed E-state index contributed by atoms with van der Waals surface area (Å²) in [5.74, 6) is -0.886. The Bertz CT molecular complexity index is 534. The molecule has 0 fully saturated rings. The van der Waals surface area contributed by atoms with Crippen LogP contribution in [0.5, 0.6) is 5.75 Å². The van der Waals surface area contributed by atoms with Crippen LogP contribution in [0.2, 0.25) is 0 Å². The number of phenols is 1. The summed E-state index contributed by atoms with van der Waals surface area (Å²) in [7, 11) is 0. The average Bonchev–Trinajstić information content (AvgIpc) is 2.47. The Balaban J connectivity index is 0.000000436. The van der Waals surface area contributed by atoms with Crippen molar-refractivity contribution in [3.8, 4) is 16.9 Å². The van der Waals surface area contributed by atoms with E-state index in [1.807, 2.05) is 48.5 Å². The van der Waals surface area contributed by atoms with Gasteiger partial charge in [0, 0.05) is 12.1 Å². The molecule has 0 saturated heterocycles. The molecule has 0 aliphatic heterocycles. The van der Waals surface area contributed by atoms with Gasteiger partial charge in [-0.05, 0) is 11.6 Å². The Labute approximate surface area is 145 Å². The molecule has 6 heteroatoms. The second-order valence-electron chi connectivity index (χ2n) is 3.84. The van der Waals surface area contributed by atoms with E-state index in [9.17, 15) is 15.0 Å². The van der Waals surface area contributed by atoms with Gasteiger partial charge in [-0.2, -0.15) is 0 Å². The van der Waals surface area contributed by atoms with Gasteiger partial charge in [-0.25, -0.2) is 0 Å². The minimum Gasteiger partial charge on any atom is -0.549 e. The van der Waals surface area contributed by atoms with Gasteiger partial charge < -0.3 is 20.1 Å². The van der Waals surface area contributed by atoms with Crippen LogP contribution in [0.1, 0.15) is 0 Å². The van der Waals surface area contributed by atoms with Crippen LogP contribution in [0.3, 0.4) is 0 Å². The van der Waals surface area contributed by atoms with Gasteiger partial charge in [0.25, 0.3) is 0 Å². The van der Waals surface area contributed by atoms with Gasteiger partial charge in [0.2, 0.25) is 0 Å². The Morgan fingerprint density at radius 1 is 1.05 bits per heavy atom. The van der Waals surface area contributed by atoms with Gasteiger partial charge in [-0.15, -0.1) is 0 Å². The van der Waals surface area contributed by atoms with E-state index in [1.54, 1.807) is 6.07 Å². The number of hydrogen-bond donors (Lipinski definition) is 3. The third-order valence-corrected chi connectivity index (χ3v) is 2.37. The van der Waals surface area contributed by atoms with E-state index in [-0.39, 0.29) is 42.8 Å². The van der Waals surface area contributed by atoms with Gasteiger partial charge >= 0.3 is 29.6 Å². The second-order valence-corrected chi connectivity index (χ2v) is 3.84. The first-order chi connectivity index (χ1) is 9.65. The average molecular weight is 297 g/mol. The van der Waals surface area contributed by atoms with Crippen LogP contribution in [-0.4, -0.2) is 29.5 Å². The molecule has 0 aliphatic carbocycles. The molecule has 21 heavy (non-hydrogen) atoms. The van der Waals surface area contributed by atoms with Crippen molar-refractivity contribution in [2.24, 2.45) is 0 Å². The largest absolute Gasteiger partial charge is 1.00 e. The number of carboxylic acid groups (broad SMARTS) is 1. The predicted octanol–water partition coefficient (Wildman–Crippen LogP) is -2.66. The fourth-order valence-electron chi connectivity index (χ4n) is 1.49. The molecule has 0 atom stereocenters. The van der Waals surface area contributed by atoms with Gasteiger partial charge in [0.15, 0.2) is 0 Å². The fraction of sp³-hybridized carbons (Fsp3) is 0.133. The Kier molecular flexibility index (Phi) is 10.6. The van der Waals surface area contributed by atoms with E-state index in [0.29, 0.717) is 5.75 Å². The Hall–Kier alpha value is -1.37. The molecule has 0 aliphatic rings. The maximum Gasteiger partial charge on any atom is 1.00 e. The van der Waals surface area contributed by atoms with Crippen molar-refractivity contribution in [3.05, 3.63) is 54.6 Å². The molecule has 0 radical (unpaired) electrons.